The van der Waals surface area contributed by atoms with Gasteiger partial charge in [-0.15, -0.1) is 0 Å². The zero-order valence-corrected chi connectivity index (χ0v) is 16.8. The molecule has 5 heteroatoms. The van der Waals surface area contributed by atoms with Gasteiger partial charge in [-0.25, -0.2) is 0 Å². The van der Waals surface area contributed by atoms with Gasteiger partial charge in [0.1, 0.15) is 0 Å². The van der Waals surface area contributed by atoms with E-state index in [4.69, 9.17) is 0 Å². The Balaban J connectivity index is 1.72. The molecule has 0 bridgehead atoms. The Labute approximate surface area is 172 Å². The number of hydrogen-bond donors (Lipinski definition) is 1. The minimum absolute atomic E-state index is 0.0790. The highest BCUT2D eigenvalue weighted by Gasteiger charge is 2.28. The fourth-order valence-corrected chi connectivity index (χ4v) is 3.87. The molecule has 4 rings (SSSR count). The minimum Gasteiger partial charge on any atom is -0.320 e. The van der Waals surface area contributed by atoms with Crippen molar-refractivity contribution in [3.63, 3.8) is 0 Å². The quantitative estimate of drug-likeness (QED) is 0.580. The highest BCUT2D eigenvalue weighted by atomic mass is 79.9. The van der Waals surface area contributed by atoms with Crippen LogP contribution < -0.4 is 10.2 Å². The van der Waals surface area contributed by atoms with Crippen LogP contribution in [0.4, 0.5) is 17.1 Å². The summed E-state index contributed by atoms with van der Waals surface area (Å²) < 4.78 is 0. The molecular weight excluding hydrogens is 416 g/mol. The molecular formula is C23H19BrN2O2. The smallest absolute Gasteiger partial charge is 0.257 e. The van der Waals surface area contributed by atoms with Gasteiger partial charge in [-0.2, -0.15) is 0 Å². The van der Waals surface area contributed by atoms with E-state index in [2.05, 4.69) is 33.4 Å². The first-order chi connectivity index (χ1) is 13.7. The van der Waals surface area contributed by atoms with E-state index in [1.165, 1.54) is 5.56 Å². The van der Waals surface area contributed by atoms with Crippen molar-refractivity contribution in [1.29, 1.82) is 0 Å². The van der Waals surface area contributed by atoms with Crippen molar-refractivity contribution in [1.82, 2.24) is 0 Å². The number of carbonyl (C=O) groups excluding carboxylic acids is 2. The van der Waals surface area contributed by atoms with E-state index in [1.807, 2.05) is 48.5 Å². The van der Waals surface area contributed by atoms with Crippen LogP contribution in [-0.4, -0.2) is 17.1 Å². The molecule has 4 nitrogen and oxygen atoms in total. The predicted molar refractivity (Wildman–Crippen MR) is 116 cm³/mol. The zero-order valence-electron chi connectivity index (χ0n) is 15.2. The van der Waals surface area contributed by atoms with Crippen molar-refractivity contribution < 1.29 is 9.59 Å². The van der Waals surface area contributed by atoms with Crippen LogP contribution in [0.5, 0.6) is 0 Å². The molecule has 1 aliphatic rings. The van der Waals surface area contributed by atoms with E-state index in [9.17, 15) is 9.59 Å². The number of nitrogens with zero attached hydrogens (tertiary/aromatic N) is 1. The average Bonchev–Trinajstić information content (AvgIpc) is 2.83. The van der Waals surface area contributed by atoms with Crippen molar-refractivity contribution in [2.24, 2.45) is 0 Å². The third-order valence-electron chi connectivity index (χ3n) is 4.79. The normalized spacial score (nSPS) is 12.6. The molecule has 28 heavy (non-hydrogen) atoms. The van der Waals surface area contributed by atoms with Crippen LogP contribution in [-0.2, 0) is 17.6 Å². The summed E-state index contributed by atoms with van der Waals surface area (Å²) in [6.07, 6.45) is 1.21. The van der Waals surface area contributed by atoms with Gasteiger partial charge in [0.25, 0.3) is 5.91 Å². The molecule has 0 saturated heterocycles. The summed E-state index contributed by atoms with van der Waals surface area (Å²) in [6.45, 7) is 0. The molecule has 0 atom stereocenters. The number of nitrogens with one attached hydrogen (secondary N) is 1. The van der Waals surface area contributed by atoms with Crippen LogP contribution in [0.25, 0.3) is 0 Å². The van der Waals surface area contributed by atoms with Crippen molar-refractivity contribution in [2.75, 3.05) is 15.5 Å². The van der Waals surface area contributed by atoms with Gasteiger partial charge in [0.15, 0.2) is 0 Å². The van der Waals surface area contributed by atoms with E-state index in [-0.39, 0.29) is 18.2 Å². The molecule has 3 aromatic carbocycles. The molecule has 0 spiro atoms. The fraction of sp³-hybridized carbons (Fsp3) is 0.130. The van der Waals surface area contributed by atoms with Crippen LogP contribution in [0, 0.1) is 0 Å². The van der Waals surface area contributed by atoms with Crippen molar-refractivity contribution in [3.8, 4) is 0 Å². The second kappa shape index (κ2) is 7.98. The fourth-order valence-electron chi connectivity index (χ4n) is 3.41. The van der Waals surface area contributed by atoms with Crippen LogP contribution in [0.1, 0.15) is 21.5 Å². The molecule has 0 fully saturated rings. The van der Waals surface area contributed by atoms with Crippen LogP contribution in [0.15, 0.2) is 72.8 Å². The van der Waals surface area contributed by atoms with Crippen LogP contribution >= 0.6 is 15.9 Å². The number of para-hydroxylation sites is 3. The van der Waals surface area contributed by atoms with E-state index in [1.54, 1.807) is 17.0 Å². The second-order valence-electron chi connectivity index (χ2n) is 6.65. The maximum atomic E-state index is 13.3. The van der Waals surface area contributed by atoms with Gasteiger partial charge in [0.05, 0.1) is 29.0 Å². The Morgan fingerprint density at radius 1 is 0.857 bits per heavy atom. The van der Waals surface area contributed by atoms with Gasteiger partial charge in [0, 0.05) is 5.33 Å². The van der Waals surface area contributed by atoms with Gasteiger partial charge >= 0.3 is 0 Å². The first-order valence-corrected chi connectivity index (χ1v) is 10.3. The van der Waals surface area contributed by atoms with E-state index in [0.717, 1.165) is 17.3 Å². The lowest BCUT2D eigenvalue weighted by Crippen LogP contribution is -2.28. The number of benzene rings is 3. The Morgan fingerprint density at radius 2 is 1.50 bits per heavy atom. The van der Waals surface area contributed by atoms with Gasteiger partial charge in [-0.3, -0.25) is 14.5 Å². The number of rotatable bonds is 4. The monoisotopic (exact) mass is 434 g/mol. The topological polar surface area (TPSA) is 49.4 Å². The highest BCUT2D eigenvalue weighted by molar-refractivity contribution is 9.09. The summed E-state index contributed by atoms with van der Waals surface area (Å²) in [5.41, 5.74) is 4.58. The van der Waals surface area contributed by atoms with Crippen molar-refractivity contribution in [2.45, 2.75) is 12.8 Å². The largest absolute Gasteiger partial charge is 0.320 e. The number of fused-ring (bicyclic) bond motifs is 2. The molecule has 0 radical (unpaired) electrons. The molecule has 0 aliphatic carbocycles. The van der Waals surface area contributed by atoms with Crippen LogP contribution in [0.2, 0.25) is 0 Å². The molecule has 1 N–H and O–H groups in total. The van der Waals surface area contributed by atoms with E-state index in [0.29, 0.717) is 22.6 Å². The number of anilines is 3. The lowest BCUT2D eigenvalue weighted by atomic mass is 10.1. The van der Waals surface area contributed by atoms with Crippen molar-refractivity contribution >= 4 is 44.8 Å². The predicted octanol–water partition coefficient (Wildman–Crippen LogP) is 5.10. The Morgan fingerprint density at radius 3 is 2.25 bits per heavy atom. The molecule has 2 amide bonds. The summed E-state index contributed by atoms with van der Waals surface area (Å²) >= 11 is 3.45. The van der Waals surface area contributed by atoms with Gasteiger partial charge in [-0.05, 0) is 41.8 Å². The number of halogens is 1. The molecule has 1 aliphatic heterocycles. The highest BCUT2D eigenvalue weighted by Crippen LogP contribution is 2.38. The number of alkyl halides is 1. The second-order valence-corrected chi connectivity index (χ2v) is 7.44. The van der Waals surface area contributed by atoms with Crippen molar-refractivity contribution in [3.05, 3.63) is 89.5 Å². The van der Waals surface area contributed by atoms with Gasteiger partial charge < -0.3 is 5.32 Å². The molecule has 140 valence electrons. The third kappa shape index (κ3) is 3.58. The van der Waals surface area contributed by atoms with E-state index >= 15 is 0 Å². The van der Waals surface area contributed by atoms with Gasteiger partial charge in [0.2, 0.25) is 5.91 Å². The Hall–Kier alpha value is -2.92. The first-order valence-electron chi connectivity index (χ1n) is 9.13. The van der Waals surface area contributed by atoms with E-state index < -0.39 is 0 Å². The maximum Gasteiger partial charge on any atom is 0.257 e. The van der Waals surface area contributed by atoms with Gasteiger partial charge in [-0.1, -0.05) is 64.5 Å². The number of carbonyl (C=O) groups is 2. The maximum absolute atomic E-state index is 13.3. The molecule has 0 unspecified atom stereocenters. The minimum atomic E-state index is -0.211. The molecule has 3 aromatic rings. The number of aryl methyl sites for hydroxylation is 1. The lowest BCUT2D eigenvalue weighted by molar-refractivity contribution is -0.117. The standard InChI is InChI=1S/C23H19BrN2O2/c24-14-13-16-9-11-17(12-10-16)15-22(27)26-20-7-3-1-5-18(20)23(28)25-19-6-2-4-8-21(19)26/h1-12H,13-15H2,(H,25,28). The summed E-state index contributed by atoms with van der Waals surface area (Å²) in [7, 11) is 0. The van der Waals surface area contributed by atoms with Crippen LogP contribution in [0.3, 0.4) is 0 Å². The molecule has 0 aromatic heterocycles. The molecule has 0 saturated carbocycles. The third-order valence-corrected chi connectivity index (χ3v) is 5.19. The number of hydrogen-bond acceptors (Lipinski definition) is 2. The lowest BCUT2D eigenvalue weighted by Gasteiger charge is -2.24. The Kier molecular flexibility index (Phi) is 5.26. The first kappa shape index (κ1) is 18.4. The SMILES string of the molecule is O=C1Nc2ccccc2N(C(=O)Cc2ccc(CCBr)cc2)c2ccccc21. The zero-order chi connectivity index (χ0) is 19.5. The summed E-state index contributed by atoms with van der Waals surface area (Å²) in [6, 6.07) is 22.7. The summed E-state index contributed by atoms with van der Waals surface area (Å²) in [4.78, 5) is 27.6. The summed E-state index contributed by atoms with van der Waals surface area (Å²) in [5.74, 6) is -0.290. The molecule has 1 heterocycles. The summed E-state index contributed by atoms with van der Waals surface area (Å²) in [5, 5.41) is 3.82. The number of amides is 2. The average molecular weight is 435 g/mol. The Bertz CT molecular complexity index is 1030.